The lowest BCUT2D eigenvalue weighted by Gasteiger charge is -2.06. The number of hydrogen-bond acceptors (Lipinski definition) is 4. The van der Waals surface area contributed by atoms with Gasteiger partial charge in [-0.15, -0.1) is 0 Å². The van der Waals surface area contributed by atoms with Gasteiger partial charge in [-0.2, -0.15) is 10.5 Å². The minimum atomic E-state index is -0.458. The number of rotatable bonds is 2. The van der Waals surface area contributed by atoms with Gasteiger partial charge in [-0.05, 0) is 48.5 Å². The molecule has 0 saturated heterocycles. The Morgan fingerprint density at radius 2 is 1.10 bits per heavy atom. The van der Waals surface area contributed by atoms with Crippen LogP contribution in [-0.2, 0) is 0 Å². The highest BCUT2D eigenvalue weighted by Crippen LogP contribution is 2.23. The van der Waals surface area contributed by atoms with Crippen LogP contribution in [0.5, 0.6) is 17.2 Å². The van der Waals surface area contributed by atoms with E-state index in [2.05, 4.69) is 6.07 Å². The van der Waals surface area contributed by atoms with Crippen LogP contribution < -0.4 is 4.74 Å². The number of nitrogens with zero attached hydrogens (tertiary/aromatic N) is 2. The molecule has 1 N–H and O–H groups in total. The van der Waals surface area contributed by atoms with Crippen molar-refractivity contribution in [2.24, 2.45) is 0 Å². The van der Waals surface area contributed by atoms with E-state index in [0.717, 1.165) is 5.75 Å². The highest BCUT2D eigenvalue weighted by atomic mass is 19.1. The normalized spacial score (nSPS) is 8.87. The monoisotopic (exact) mass is 410 g/mol. The van der Waals surface area contributed by atoms with Crippen molar-refractivity contribution in [3.63, 3.8) is 0 Å². The Bertz CT molecular complexity index is 1150. The molecule has 0 aliphatic carbocycles. The van der Waals surface area contributed by atoms with Gasteiger partial charge in [0.1, 0.15) is 35.2 Å². The van der Waals surface area contributed by atoms with E-state index in [9.17, 15) is 4.39 Å². The Hall–Kier alpha value is -4.61. The number of ether oxygens (including phenoxy) is 1. The summed E-state index contributed by atoms with van der Waals surface area (Å²) >= 11 is 0. The van der Waals surface area contributed by atoms with E-state index in [0.29, 0.717) is 17.1 Å². The minimum Gasteiger partial charge on any atom is -0.508 e. The van der Waals surface area contributed by atoms with Gasteiger partial charge < -0.3 is 9.84 Å². The zero-order valence-corrected chi connectivity index (χ0v) is 16.5. The summed E-state index contributed by atoms with van der Waals surface area (Å²) in [6.45, 7) is 0. The first-order valence-corrected chi connectivity index (χ1v) is 9.24. The van der Waals surface area contributed by atoms with Crippen molar-refractivity contribution in [2.75, 3.05) is 0 Å². The lowest BCUT2D eigenvalue weighted by atomic mass is 10.2. The fourth-order valence-corrected chi connectivity index (χ4v) is 2.24. The number of halogens is 1. The van der Waals surface area contributed by atoms with Gasteiger partial charge in [0.15, 0.2) is 0 Å². The van der Waals surface area contributed by atoms with Gasteiger partial charge in [0.2, 0.25) is 0 Å². The van der Waals surface area contributed by atoms with E-state index < -0.39 is 5.82 Å². The molecule has 4 aromatic rings. The number of benzene rings is 4. The maximum absolute atomic E-state index is 12.4. The molecule has 0 atom stereocenters. The van der Waals surface area contributed by atoms with E-state index in [1.165, 1.54) is 12.1 Å². The fourth-order valence-electron chi connectivity index (χ4n) is 2.24. The fraction of sp³-hybridized carbons (Fsp3) is 0. The highest BCUT2D eigenvalue weighted by Gasteiger charge is 2.02. The molecule has 4 aromatic carbocycles. The third kappa shape index (κ3) is 8.11. The van der Waals surface area contributed by atoms with Crippen molar-refractivity contribution in [1.29, 1.82) is 10.5 Å². The Morgan fingerprint density at radius 3 is 1.58 bits per heavy atom. The van der Waals surface area contributed by atoms with Crippen LogP contribution in [0.4, 0.5) is 4.39 Å². The number of phenolic OH excluding ortho intramolecular Hbond substituents is 1. The standard InChI is InChI=1S/C13H9NO.C7H4FN.C6H6O/c14-10-11-6-4-5-9-13(11)15-12-7-2-1-3-8-12;8-7-4-2-1-3-6(7)5-9;7-6-4-2-1-3-5-6/h1-9H;1-4H;1-5,7H. The largest absolute Gasteiger partial charge is 0.508 e. The molecule has 0 bridgehead atoms. The summed E-state index contributed by atoms with van der Waals surface area (Å²) < 4.78 is 17.9. The van der Waals surface area contributed by atoms with Crippen molar-refractivity contribution in [3.8, 4) is 29.4 Å². The second-order valence-electron chi connectivity index (χ2n) is 5.95. The van der Waals surface area contributed by atoms with Crippen LogP contribution in [0.2, 0.25) is 0 Å². The van der Waals surface area contributed by atoms with Crippen LogP contribution in [0.3, 0.4) is 0 Å². The van der Waals surface area contributed by atoms with Gasteiger partial charge >= 0.3 is 0 Å². The van der Waals surface area contributed by atoms with Gasteiger partial charge in [0.05, 0.1) is 11.1 Å². The molecule has 0 aliphatic heterocycles. The summed E-state index contributed by atoms with van der Waals surface area (Å²) in [5.74, 6) is 1.19. The number of para-hydroxylation sites is 3. The zero-order chi connectivity index (χ0) is 22.3. The lowest BCUT2D eigenvalue weighted by molar-refractivity contribution is 0.475. The second-order valence-corrected chi connectivity index (χ2v) is 5.95. The van der Waals surface area contributed by atoms with E-state index in [1.807, 2.05) is 48.5 Å². The SMILES string of the molecule is N#Cc1ccccc1F.N#Cc1ccccc1Oc1ccccc1.Oc1ccccc1. The molecule has 0 aromatic heterocycles. The molecule has 0 amide bonds. The molecule has 0 spiro atoms. The van der Waals surface area contributed by atoms with Crippen molar-refractivity contribution >= 4 is 0 Å². The first-order valence-electron chi connectivity index (χ1n) is 9.24. The average Bonchev–Trinajstić information content (AvgIpc) is 2.82. The van der Waals surface area contributed by atoms with Crippen molar-refractivity contribution in [2.45, 2.75) is 0 Å². The highest BCUT2D eigenvalue weighted by molar-refractivity contribution is 5.44. The van der Waals surface area contributed by atoms with Crippen molar-refractivity contribution in [3.05, 3.63) is 126 Å². The number of aromatic hydroxyl groups is 1. The van der Waals surface area contributed by atoms with Gasteiger partial charge in [0, 0.05) is 0 Å². The average molecular weight is 410 g/mol. The van der Waals surface area contributed by atoms with Crippen LogP contribution >= 0.6 is 0 Å². The predicted octanol–water partition coefficient (Wildman–Crippen LogP) is 6.44. The maximum Gasteiger partial charge on any atom is 0.145 e. The van der Waals surface area contributed by atoms with Crippen molar-refractivity contribution in [1.82, 2.24) is 0 Å². The van der Waals surface area contributed by atoms with E-state index in [1.54, 1.807) is 54.6 Å². The topological polar surface area (TPSA) is 77.0 Å². The van der Waals surface area contributed by atoms with E-state index >= 15 is 0 Å². The van der Waals surface area contributed by atoms with Gasteiger partial charge in [-0.25, -0.2) is 4.39 Å². The summed E-state index contributed by atoms with van der Waals surface area (Å²) in [5.41, 5.74) is 0.638. The summed E-state index contributed by atoms with van der Waals surface area (Å²) in [5, 5.41) is 25.7. The summed E-state index contributed by atoms with van der Waals surface area (Å²) in [4.78, 5) is 0. The Kier molecular flexibility index (Phi) is 9.34. The lowest BCUT2D eigenvalue weighted by Crippen LogP contribution is -1.86. The van der Waals surface area contributed by atoms with Crippen LogP contribution in [0.25, 0.3) is 0 Å². The molecular weight excluding hydrogens is 391 g/mol. The first-order chi connectivity index (χ1) is 15.1. The first kappa shape index (κ1) is 22.7. The van der Waals surface area contributed by atoms with Gasteiger partial charge in [0.25, 0.3) is 0 Å². The maximum atomic E-state index is 12.4. The molecule has 0 aliphatic rings. The van der Waals surface area contributed by atoms with Gasteiger partial charge in [-0.3, -0.25) is 0 Å². The third-order valence-electron chi connectivity index (χ3n) is 3.73. The Labute approximate surface area is 180 Å². The Morgan fingerprint density at radius 1 is 0.613 bits per heavy atom. The molecule has 31 heavy (non-hydrogen) atoms. The minimum absolute atomic E-state index is 0.0949. The molecule has 152 valence electrons. The predicted molar refractivity (Wildman–Crippen MR) is 117 cm³/mol. The zero-order valence-electron chi connectivity index (χ0n) is 16.5. The van der Waals surface area contributed by atoms with Crippen LogP contribution in [-0.4, -0.2) is 5.11 Å². The third-order valence-corrected chi connectivity index (χ3v) is 3.73. The summed E-state index contributed by atoms with van der Waals surface area (Å²) in [7, 11) is 0. The van der Waals surface area contributed by atoms with Crippen LogP contribution in [0.15, 0.2) is 109 Å². The Balaban J connectivity index is 0.000000181. The molecule has 0 saturated carbocycles. The van der Waals surface area contributed by atoms with E-state index in [-0.39, 0.29) is 5.56 Å². The molecule has 0 radical (unpaired) electrons. The van der Waals surface area contributed by atoms with Crippen LogP contribution in [0, 0.1) is 28.5 Å². The molecule has 4 nitrogen and oxygen atoms in total. The molecule has 0 unspecified atom stereocenters. The van der Waals surface area contributed by atoms with E-state index in [4.69, 9.17) is 20.4 Å². The molecular formula is C26H19FN2O2. The molecule has 0 fully saturated rings. The summed E-state index contributed by atoms with van der Waals surface area (Å²) in [6.07, 6.45) is 0. The van der Waals surface area contributed by atoms with Crippen LogP contribution in [0.1, 0.15) is 11.1 Å². The molecule has 0 heterocycles. The number of hydrogen-bond donors (Lipinski definition) is 1. The molecule has 4 rings (SSSR count). The van der Waals surface area contributed by atoms with Gasteiger partial charge in [-0.1, -0.05) is 60.7 Å². The number of nitriles is 2. The summed E-state index contributed by atoms with van der Waals surface area (Å²) in [6, 6.07) is 35.0. The molecule has 5 heteroatoms. The quantitative estimate of drug-likeness (QED) is 0.412. The smallest absolute Gasteiger partial charge is 0.145 e. The number of phenols is 1. The van der Waals surface area contributed by atoms with Crippen molar-refractivity contribution < 1.29 is 14.2 Å². The second kappa shape index (κ2) is 12.8.